The van der Waals surface area contributed by atoms with Crippen LogP contribution in [0.15, 0.2) is 84.9 Å². The van der Waals surface area contributed by atoms with Crippen molar-refractivity contribution < 1.29 is 0 Å². The van der Waals surface area contributed by atoms with Crippen molar-refractivity contribution in [2.75, 3.05) is 0 Å². The minimum absolute atomic E-state index is 0.419. The molecule has 0 saturated carbocycles. The minimum atomic E-state index is -0.419. The lowest BCUT2D eigenvalue weighted by Crippen LogP contribution is -2.12. The molecule has 0 N–H and O–H groups in total. The van der Waals surface area contributed by atoms with Gasteiger partial charge in [0.2, 0.25) is 0 Å². The Morgan fingerprint density at radius 3 is 1.64 bits per heavy atom. The van der Waals surface area contributed by atoms with Gasteiger partial charge in [0.05, 0.1) is 6.57 Å². The average molecular weight is 301 g/mol. The SMILES string of the molecule is [C-]#[N+]c1ccc(CP(c2ccccc2)c2ccccc2)cc1. The van der Waals surface area contributed by atoms with Crippen LogP contribution >= 0.6 is 7.92 Å². The van der Waals surface area contributed by atoms with E-state index in [4.69, 9.17) is 6.57 Å². The topological polar surface area (TPSA) is 4.36 Å². The molecular formula is C20H16NP. The molecule has 3 aromatic carbocycles. The van der Waals surface area contributed by atoms with Crippen LogP contribution in [0.3, 0.4) is 0 Å². The zero-order chi connectivity index (χ0) is 15.2. The summed E-state index contributed by atoms with van der Waals surface area (Å²) in [5, 5.41) is 2.77. The van der Waals surface area contributed by atoms with E-state index in [-0.39, 0.29) is 0 Å². The second-order valence-corrected chi connectivity index (χ2v) is 7.24. The number of benzene rings is 3. The molecule has 0 unspecified atom stereocenters. The summed E-state index contributed by atoms with van der Waals surface area (Å²) in [6.07, 6.45) is 1.00. The Kier molecular flexibility index (Phi) is 4.64. The first-order valence-electron chi connectivity index (χ1n) is 7.21. The van der Waals surface area contributed by atoms with E-state index in [1.54, 1.807) is 0 Å². The van der Waals surface area contributed by atoms with E-state index in [0.717, 1.165) is 6.16 Å². The lowest BCUT2D eigenvalue weighted by atomic mass is 10.2. The van der Waals surface area contributed by atoms with E-state index < -0.39 is 7.92 Å². The fraction of sp³-hybridized carbons (Fsp3) is 0.0500. The zero-order valence-electron chi connectivity index (χ0n) is 12.2. The third-order valence-corrected chi connectivity index (χ3v) is 6.07. The first kappa shape index (κ1) is 14.5. The first-order valence-corrected chi connectivity index (χ1v) is 8.73. The quantitative estimate of drug-likeness (QED) is 0.478. The third kappa shape index (κ3) is 3.42. The van der Waals surface area contributed by atoms with Crippen molar-refractivity contribution >= 4 is 24.2 Å². The highest BCUT2D eigenvalue weighted by atomic mass is 31.1. The van der Waals surface area contributed by atoms with Gasteiger partial charge >= 0.3 is 0 Å². The summed E-state index contributed by atoms with van der Waals surface area (Å²) in [7, 11) is -0.419. The fourth-order valence-electron chi connectivity index (χ4n) is 2.41. The molecule has 2 heteroatoms. The number of nitrogens with zero attached hydrogens (tertiary/aromatic N) is 1. The maximum absolute atomic E-state index is 7.05. The second kappa shape index (κ2) is 7.03. The van der Waals surface area contributed by atoms with Crippen LogP contribution in [0.5, 0.6) is 0 Å². The van der Waals surface area contributed by atoms with Crippen LogP contribution in [0.1, 0.15) is 5.56 Å². The summed E-state index contributed by atoms with van der Waals surface area (Å²) in [5.41, 5.74) is 1.98. The molecule has 3 aromatic rings. The van der Waals surface area contributed by atoms with Gasteiger partial charge in [-0.15, -0.1) is 0 Å². The van der Waals surface area contributed by atoms with E-state index >= 15 is 0 Å². The van der Waals surface area contributed by atoms with Gasteiger partial charge in [-0.2, -0.15) is 0 Å². The van der Waals surface area contributed by atoms with E-state index in [9.17, 15) is 0 Å². The molecule has 0 aliphatic heterocycles. The molecule has 0 saturated heterocycles. The summed E-state index contributed by atoms with van der Waals surface area (Å²) in [4.78, 5) is 3.46. The molecule has 0 radical (unpaired) electrons. The molecule has 0 heterocycles. The van der Waals surface area contributed by atoms with Crippen molar-refractivity contribution in [3.05, 3.63) is 102 Å². The molecule has 1 nitrogen and oxygen atoms in total. The Hall–Kier alpha value is -2.42. The molecule has 0 aliphatic carbocycles. The Bertz CT molecular complexity index is 719. The molecule has 0 atom stereocenters. The third-order valence-electron chi connectivity index (χ3n) is 3.54. The minimum Gasteiger partial charge on any atom is -0.238 e. The van der Waals surface area contributed by atoms with E-state index in [1.807, 2.05) is 12.1 Å². The van der Waals surface area contributed by atoms with Gasteiger partial charge in [-0.3, -0.25) is 0 Å². The standard InChI is InChI=1S/C20H16NP/c1-21-18-14-12-17(13-15-18)16-22(19-8-4-2-5-9-19)20-10-6-3-7-11-20/h2-15H,16H2. The maximum atomic E-state index is 7.05. The molecule has 22 heavy (non-hydrogen) atoms. The molecule has 3 rings (SSSR count). The molecule has 106 valence electrons. The van der Waals surface area contributed by atoms with Crippen LogP contribution in [-0.2, 0) is 6.16 Å². The summed E-state index contributed by atoms with van der Waals surface area (Å²) < 4.78 is 0. The lowest BCUT2D eigenvalue weighted by molar-refractivity contribution is 1.41. The van der Waals surface area contributed by atoms with Gasteiger partial charge in [0.25, 0.3) is 0 Å². The molecular weight excluding hydrogens is 285 g/mol. The Labute approximate surface area is 132 Å². The van der Waals surface area contributed by atoms with Crippen LogP contribution < -0.4 is 10.6 Å². The molecule has 0 spiro atoms. The molecule has 0 fully saturated rings. The average Bonchev–Trinajstić information content (AvgIpc) is 2.62. The Morgan fingerprint density at radius 1 is 0.682 bits per heavy atom. The number of rotatable bonds is 4. The van der Waals surface area contributed by atoms with Crippen molar-refractivity contribution in [2.45, 2.75) is 6.16 Å². The highest BCUT2D eigenvalue weighted by Gasteiger charge is 2.13. The van der Waals surface area contributed by atoms with Crippen LogP contribution in [0, 0.1) is 6.57 Å². The predicted molar refractivity (Wildman–Crippen MR) is 95.5 cm³/mol. The van der Waals surface area contributed by atoms with Crippen molar-refractivity contribution in [1.82, 2.24) is 0 Å². The summed E-state index contributed by atoms with van der Waals surface area (Å²) in [6, 6.07) is 29.4. The van der Waals surface area contributed by atoms with Gasteiger partial charge < -0.3 is 0 Å². The number of hydrogen-bond donors (Lipinski definition) is 0. The number of hydrogen-bond acceptors (Lipinski definition) is 0. The highest BCUT2D eigenvalue weighted by molar-refractivity contribution is 7.72. The molecule has 0 amide bonds. The monoisotopic (exact) mass is 301 g/mol. The van der Waals surface area contributed by atoms with Crippen LogP contribution in [0.25, 0.3) is 4.85 Å². The van der Waals surface area contributed by atoms with Crippen molar-refractivity contribution in [3.63, 3.8) is 0 Å². The van der Waals surface area contributed by atoms with E-state index in [1.165, 1.54) is 16.2 Å². The van der Waals surface area contributed by atoms with Gasteiger partial charge in [-0.05, 0) is 24.1 Å². The molecule has 0 aliphatic rings. The lowest BCUT2D eigenvalue weighted by Gasteiger charge is -2.19. The normalized spacial score (nSPS) is 10.4. The molecule has 0 aromatic heterocycles. The van der Waals surface area contributed by atoms with Gasteiger partial charge in [-0.25, -0.2) is 4.85 Å². The smallest absolute Gasteiger partial charge is 0.187 e. The van der Waals surface area contributed by atoms with Crippen LogP contribution in [0.2, 0.25) is 0 Å². The summed E-state index contributed by atoms with van der Waals surface area (Å²) >= 11 is 0. The molecule has 0 bridgehead atoms. The Balaban J connectivity index is 1.94. The highest BCUT2D eigenvalue weighted by Crippen LogP contribution is 2.37. The maximum Gasteiger partial charge on any atom is 0.187 e. The van der Waals surface area contributed by atoms with Crippen LogP contribution in [-0.4, -0.2) is 0 Å². The van der Waals surface area contributed by atoms with Crippen molar-refractivity contribution in [2.24, 2.45) is 0 Å². The van der Waals surface area contributed by atoms with Crippen molar-refractivity contribution in [1.29, 1.82) is 0 Å². The van der Waals surface area contributed by atoms with E-state index in [0.29, 0.717) is 5.69 Å². The van der Waals surface area contributed by atoms with Gasteiger partial charge in [0.15, 0.2) is 5.69 Å². The van der Waals surface area contributed by atoms with Crippen LogP contribution in [0.4, 0.5) is 5.69 Å². The fourth-order valence-corrected chi connectivity index (χ4v) is 4.71. The summed E-state index contributed by atoms with van der Waals surface area (Å²) in [6.45, 7) is 7.05. The largest absolute Gasteiger partial charge is 0.238 e. The predicted octanol–water partition coefficient (Wildman–Crippen LogP) is 4.87. The summed E-state index contributed by atoms with van der Waals surface area (Å²) in [5.74, 6) is 0. The second-order valence-electron chi connectivity index (χ2n) is 5.04. The first-order chi connectivity index (χ1) is 10.9. The van der Waals surface area contributed by atoms with Crippen molar-refractivity contribution in [3.8, 4) is 0 Å². The van der Waals surface area contributed by atoms with E-state index in [2.05, 4.69) is 77.6 Å². The van der Waals surface area contributed by atoms with Gasteiger partial charge in [0.1, 0.15) is 0 Å². The van der Waals surface area contributed by atoms with Gasteiger partial charge in [0, 0.05) is 6.16 Å². The van der Waals surface area contributed by atoms with Gasteiger partial charge in [-0.1, -0.05) is 84.9 Å². The Morgan fingerprint density at radius 2 is 1.18 bits per heavy atom. The zero-order valence-corrected chi connectivity index (χ0v) is 13.1.